The highest BCUT2D eigenvalue weighted by Gasteiger charge is 2.36. The van der Waals surface area contributed by atoms with Gasteiger partial charge in [0.05, 0.1) is 26.9 Å². The van der Waals surface area contributed by atoms with E-state index >= 15 is 0 Å². The normalized spacial score (nSPS) is 23.8. The first-order valence-corrected chi connectivity index (χ1v) is 8.19. The lowest BCUT2D eigenvalue weighted by Gasteiger charge is -2.35. The molecular weight excluding hydrogens is 294 g/mol. The summed E-state index contributed by atoms with van der Waals surface area (Å²) in [5, 5.41) is 0. The molecule has 0 saturated carbocycles. The first-order valence-electron chi connectivity index (χ1n) is 6.75. The molecule has 0 aliphatic carbocycles. The van der Waals surface area contributed by atoms with Crippen LogP contribution in [0.4, 0.5) is 0 Å². The molecule has 1 heterocycles. The summed E-state index contributed by atoms with van der Waals surface area (Å²) in [6, 6.07) is 4.53. The molecule has 0 spiro atoms. The molecule has 2 rings (SSSR count). The van der Waals surface area contributed by atoms with Crippen molar-refractivity contribution in [3.05, 3.63) is 18.2 Å². The Morgan fingerprint density at radius 2 is 1.95 bits per heavy atom. The summed E-state index contributed by atoms with van der Waals surface area (Å²) in [4.78, 5) is 0.116. The Labute approximate surface area is 125 Å². The van der Waals surface area contributed by atoms with Gasteiger partial charge in [-0.15, -0.1) is 0 Å². The molecule has 0 amide bonds. The van der Waals surface area contributed by atoms with Crippen LogP contribution in [-0.4, -0.2) is 52.2 Å². The quantitative estimate of drug-likeness (QED) is 0.842. The van der Waals surface area contributed by atoms with E-state index < -0.39 is 10.0 Å². The smallest absolute Gasteiger partial charge is 0.247 e. The molecule has 1 aliphatic heterocycles. The zero-order chi connectivity index (χ0) is 15.6. The van der Waals surface area contributed by atoms with E-state index in [1.807, 2.05) is 13.8 Å². The van der Waals surface area contributed by atoms with Crippen LogP contribution < -0.4 is 9.47 Å². The van der Waals surface area contributed by atoms with Gasteiger partial charge in [-0.25, -0.2) is 8.42 Å². The monoisotopic (exact) mass is 315 g/mol. The van der Waals surface area contributed by atoms with Crippen molar-refractivity contribution in [2.45, 2.75) is 30.9 Å². The number of hydrogen-bond acceptors (Lipinski definition) is 5. The van der Waals surface area contributed by atoms with Crippen molar-refractivity contribution in [3.63, 3.8) is 0 Å². The van der Waals surface area contributed by atoms with Crippen LogP contribution in [0.1, 0.15) is 13.8 Å². The third-order valence-corrected chi connectivity index (χ3v) is 5.51. The summed E-state index contributed by atoms with van der Waals surface area (Å²) in [7, 11) is -0.723. The second-order valence-corrected chi connectivity index (χ2v) is 6.94. The number of methoxy groups -OCH3 is 2. The van der Waals surface area contributed by atoms with E-state index in [0.29, 0.717) is 24.7 Å². The third kappa shape index (κ3) is 3.14. The lowest BCUT2D eigenvalue weighted by molar-refractivity contribution is -0.0171. The average molecular weight is 315 g/mol. The zero-order valence-electron chi connectivity index (χ0n) is 12.7. The van der Waals surface area contributed by atoms with Gasteiger partial charge in [0, 0.05) is 18.7 Å². The molecule has 0 N–H and O–H groups in total. The lowest BCUT2D eigenvalue weighted by Crippen LogP contribution is -2.50. The predicted molar refractivity (Wildman–Crippen MR) is 78.3 cm³/mol. The molecule has 1 aliphatic rings. The van der Waals surface area contributed by atoms with Gasteiger partial charge in [0.1, 0.15) is 16.4 Å². The molecule has 1 saturated heterocycles. The minimum atomic E-state index is -3.67. The summed E-state index contributed by atoms with van der Waals surface area (Å²) in [5.41, 5.74) is 0. The highest BCUT2D eigenvalue weighted by atomic mass is 32.2. The molecule has 1 fully saturated rings. The predicted octanol–water partition coefficient (Wildman–Crippen LogP) is 1.50. The number of nitrogens with zero attached hydrogens (tertiary/aromatic N) is 1. The Morgan fingerprint density at radius 1 is 1.24 bits per heavy atom. The zero-order valence-corrected chi connectivity index (χ0v) is 13.5. The summed E-state index contributed by atoms with van der Waals surface area (Å²) in [6.07, 6.45) is -0.132. The van der Waals surface area contributed by atoms with Gasteiger partial charge in [-0.05, 0) is 26.0 Å². The molecule has 2 atom stereocenters. The van der Waals surface area contributed by atoms with E-state index in [1.54, 1.807) is 12.1 Å². The van der Waals surface area contributed by atoms with E-state index in [2.05, 4.69) is 0 Å². The SMILES string of the molecule is COc1ccc(OC)c(S(=O)(=O)N2C[C@H](C)OC[C@@H]2C)c1. The number of sulfonamides is 1. The highest BCUT2D eigenvalue weighted by molar-refractivity contribution is 7.89. The largest absolute Gasteiger partial charge is 0.497 e. The number of rotatable bonds is 4. The van der Waals surface area contributed by atoms with Crippen LogP contribution >= 0.6 is 0 Å². The van der Waals surface area contributed by atoms with Crippen molar-refractivity contribution < 1.29 is 22.6 Å². The van der Waals surface area contributed by atoms with Crippen molar-refractivity contribution in [2.24, 2.45) is 0 Å². The maximum absolute atomic E-state index is 12.9. The maximum atomic E-state index is 12.9. The molecule has 6 nitrogen and oxygen atoms in total. The van der Waals surface area contributed by atoms with Crippen LogP contribution in [0.5, 0.6) is 11.5 Å². The van der Waals surface area contributed by atoms with Crippen molar-refractivity contribution >= 4 is 10.0 Å². The Morgan fingerprint density at radius 3 is 2.57 bits per heavy atom. The fourth-order valence-electron chi connectivity index (χ4n) is 2.32. The standard InChI is InChI=1S/C14H21NO5S/c1-10-9-20-11(2)8-15(10)21(16,17)14-7-12(18-3)5-6-13(14)19-4/h5-7,10-11H,8-9H2,1-4H3/t10-,11-/m0/s1. The van der Waals surface area contributed by atoms with Gasteiger partial charge < -0.3 is 14.2 Å². The summed E-state index contributed by atoms with van der Waals surface area (Å²) < 4.78 is 43.1. The summed E-state index contributed by atoms with van der Waals surface area (Å²) in [5.74, 6) is 0.783. The molecule has 0 unspecified atom stereocenters. The number of hydrogen-bond donors (Lipinski definition) is 0. The van der Waals surface area contributed by atoms with Crippen molar-refractivity contribution in [1.82, 2.24) is 4.31 Å². The molecule has 21 heavy (non-hydrogen) atoms. The highest BCUT2D eigenvalue weighted by Crippen LogP contribution is 2.32. The van der Waals surface area contributed by atoms with Gasteiger partial charge in [0.25, 0.3) is 0 Å². The van der Waals surface area contributed by atoms with Crippen molar-refractivity contribution in [3.8, 4) is 11.5 Å². The molecule has 7 heteroatoms. The van der Waals surface area contributed by atoms with Crippen LogP contribution in [-0.2, 0) is 14.8 Å². The average Bonchev–Trinajstić information content (AvgIpc) is 2.48. The Hall–Kier alpha value is -1.31. The molecule has 1 aromatic carbocycles. The Kier molecular flexibility index (Phi) is 4.75. The lowest BCUT2D eigenvalue weighted by atomic mass is 10.2. The summed E-state index contributed by atoms with van der Waals surface area (Å²) in [6.45, 7) is 4.39. The number of morpholine rings is 1. The first kappa shape index (κ1) is 16.1. The number of benzene rings is 1. The fourth-order valence-corrected chi connectivity index (χ4v) is 4.18. The second-order valence-electron chi connectivity index (χ2n) is 5.08. The molecular formula is C14H21NO5S. The summed E-state index contributed by atoms with van der Waals surface area (Å²) >= 11 is 0. The topological polar surface area (TPSA) is 65.1 Å². The molecule has 118 valence electrons. The van der Waals surface area contributed by atoms with E-state index in [-0.39, 0.29) is 17.0 Å². The fraction of sp³-hybridized carbons (Fsp3) is 0.571. The molecule has 1 aromatic rings. The van der Waals surface area contributed by atoms with E-state index in [1.165, 1.54) is 24.6 Å². The van der Waals surface area contributed by atoms with Gasteiger partial charge in [0.2, 0.25) is 10.0 Å². The molecule has 0 radical (unpaired) electrons. The van der Waals surface area contributed by atoms with Crippen molar-refractivity contribution in [2.75, 3.05) is 27.4 Å². The van der Waals surface area contributed by atoms with Gasteiger partial charge in [-0.3, -0.25) is 0 Å². The Bertz CT molecular complexity index is 601. The number of ether oxygens (including phenoxy) is 3. The van der Waals surface area contributed by atoms with E-state index in [0.717, 1.165) is 0 Å². The third-order valence-electron chi connectivity index (χ3n) is 3.51. The van der Waals surface area contributed by atoms with Crippen LogP contribution in [0.15, 0.2) is 23.1 Å². The van der Waals surface area contributed by atoms with Gasteiger partial charge in [-0.2, -0.15) is 4.31 Å². The van der Waals surface area contributed by atoms with E-state index in [4.69, 9.17) is 14.2 Å². The minimum Gasteiger partial charge on any atom is -0.497 e. The van der Waals surface area contributed by atoms with Gasteiger partial charge >= 0.3 is 0 Å². The van der Waals surface area contributed by atoms with E-state index in [9.17, 15) is 8.42 Å². The molecule has 0 bridgehead atoms. The minimum absolute atomic E-state index is 0.116. The molecule has 0 aromatic heterocycles. The second kappa shape index (κ2) is 6.21. The maximum Gasteiger partial charge on any atom is 0.247 e. The van der Waals surface area contributed by atoms with Crippen LogP contribution in [0, 0.1) is 0 Å². The van der Waals surface area contributed by atoms with Crippen LogP contribution in [0.3, 0.4) is 0 Å². The van der Waals surface area contributed by atoms with Gasteiger partial charge in [-0.1, -0.05) is 0 Å². The first-order chi connectivity index (χ1) is 9.90. The van der Waals surface area contributed by atoms with Crippen molar-refractivity contribution in [1.29, 1.82) is 0 Å². The van der Waals surface area contributed by atoms with Gasteiger partial charge in [0.15, 0.2) is 0 Å². The van der Waals surface area contributed by atoms with Crippen LogP contribution in [0.2, 0.25) is 0 Å². The Balaban J connectivity index is 2.47. The van der Waals surface area contributed by atoms with Crippen LogP contribution in [0.25, 0.3) is 0 Å².